The molecular weight excluding hydrogens is 364 g/mol. The van der Waals surface area contributed by atoms with Crippen molar-refractivity contribution in [1.29, 1.82) is 0 Å². The number of aromatic nitrogens is 1. The van der Waals surface area contributed by atoms with Gasteiger partial charge in [-0.25, -0.2) is 4.98 Å². The van der Waals surface area contributed by atoms with Crippen LogP contribution in [0.1, 0.15) is 18.5 Å². The van der Waals surface area contributed by atoms with Crippen LogP contribution in [0.2, 0.25) is 0 Å². The van der Waals surface area contributed by atoms with E-state index < -0.39 is 0 Å². The summed E-state index contributed by atoms with van der Waals surface area (Å²) < 4.78 is 5.37. The smallest absolute Gasteiger partial charge is 0.191 e. The highest BCUT2D eigenvalue weighted by Gasteiger charge is 2.21. The zero-order valence-electron chi connectivity index (χ0n) is 17.9. The van der Waals surface area contributed by atoms with Gasteiger partial charge in [-0.2, -0.15) is 0 Å². The van der Waals surface area contributed by atoms with Crippen LogP contribution in [0, 0.1) is 0 Å². The van der Waals surface area contributed by atoms with E-state index in [2.05, 4.69) is 37.6 Å². The Morgan fingerprint density at radius 3 is 2.86 bits per heavy atom. The quantitative estimate of drug-likeness (QED) is 0.578. The number of hydrogen-bond donors (Lipinski definition) is 2. The number of nitrogens with zero attached hydrogens (tertiary/aromatic N) is 4. The van der Waals surface area contributed by atoms with E-state index in [1.54, 1.807) is 7.11 Å². The monoisotopic (exact) mass is 396 g/mol. The maximum Gasteiger partial charge on any atom is 0.191 e. The van der Waals surface area contributed by atoms with E-state index in [1.165, 1.54) is 5.69 Å². The van der Waals surface area contributed by atoms with E-state index in [0.29, 0.717) is 12.6 Å². The van der Waals surface area contributed by atoms with Gasteiger partial charge in [0.25, 0.3) is 0 Å². The van der Waals surface area contributed by atoms with Crippen LogP contribution in [0.15, 0.2) is 47.5 Å². The Balaban J connectivity index is 1.57. The Bertz CT molecular complexity index is 822. The fraction of sp³-hybridized carbons (Fsp3) is 0.455. The molecule has 1 saturated heterocycles. The first-order chi connectivity index (χ1) is 14.1. The average Bonchev–Trinajstić information content (AvgIpc) is 2.77. The molecule has 7 nitrogen and oxygen atoms in total. The first kappa shape index (κ1) is 20.8. The lowest BCUT2D eigenvalue weighted by Gasteiger charge is -2.35. The van der Waals surface area contributed by atoms with Gasteiger partial charge in [0.15, 0.2) is 5.96 Å². The van der Waals surface area contributed by atoms with E-state index in [9.17, 15) is 0 Å². The van der Waals surface area contributed by atoms with Crippen LogP contribution in [0.3, 0.4) is 0 Å². The molecule has 29 heavy (non-hydrogen) atoms. The largest absolute Gasteiger partial charge is 0.497 e. The number of methoxy groups -OCH3 is 1. The summed E-state index contributed by atoms with van der Waals surface area (Å²) in [6.07, 6.45) is 2.26. The minimum absolute atomic E-state index is 0.335. The minimum atomic E-state index is 0.335. The van der Waals surface area contributed by atoms with Crippen LogP contribution >= 0.6 is 0 Å². The van der Waals surface area contributed by atoms with Crippen molar-refractivity contribution < 1.29 is 4.74 Å². The van der Waals surface area contributed by atoms with Gasteiger partial charge >= 0.3 is 0 Å². The lowest BCUT2D eigenvalue weighted by molar-refractivity contribution is 0.414. The number of guanidine groups is 1. The second kappa shape index (κ2) is 10.0. The zero-order valence-corrected chi connectivity index (χ0v) is 17.9. The first-order valence-corrected chi connectivity index (χ1v) is 10.1. The molecule has 0 aliphatic carbocycles. The van der Waals surface area contributed by atoms with Gasteiger partial charge < -0.3 is 25.2 Å². The number of nitrogens with one attached hydrogen (secondary N) is 2. The van der Waals surface area contributed by atoms with Gasteiger partial charge in [-0.3, -0.25) is 4.99 Å². The summed E-state index contributed by atoms with van der Waals surface area (Å²) in [7, 11) is 7.51. The number of rotatable bonds is 6. The molecular formula is C22H32N6O. The molecule has 7 heteroatoms. The van der Waals surface area contributed by atoms with E-state index in [1.807, 2.05) is 56.4 Å². The summed E-state index contributed by atoms with van der Waals surface area (Å²) in [6.45, 7) is 2.62. The number of piperidine rings is 1. The number of pyridine rings is 1. The van der Waals surface area contributed by atoms with Crippen molar-refractivity contribution in [1.82, 2.24) is 15.6 Å². The highest BCUT2D eigenvalue weighted by atomic mass is 16.5. The fourth-order valence-corrected chi connectivity index (χ4v) is 3.51. The molecule has 2 aromatic rings. The zero-order chi connectivity index (χ0) is 20.6. The van der Waals surface area contributed by atoms with Crippen molar-refractivity contribution in [2.75, 3.05) is 51.1 Å². The molecule has 1 aliphatic heterocycles. The maximum atomic E-state index is 5.37. The third kappa shape index (κ3) is 5.76. The molecule has 0 amide bonds. The molecule has 2 heterocycles. The highest BCUT2D eigenvalue weighted by molar-refractivity contribution is 5.80. The van der Waals surface area contributed by atoms with Crippen molar-refractivity contribution >= 4 is 17.5 Å². The van der Waals surface area contributed by atoms with E-state index in [-0.39, 0.29) is 0 Å². The lowest BCUT2D eigenvalue weighted by atomic mass is 10.0. The van der Waals surface area contributed by atoms with Crippen LogP contribution in [0.25, 0.3) is 0 Å². The van der Waals surface area contributed by atoms with Crippen LogP contribution in [0.5, 0.6) is 5.75 Å². The molecule has 0 spiro atoms. The molecule has 0 bridgehead atoms. The van der Waals surface area contributed by atoms with Crippen molar-refractivity contribution in [3.05, 3.63) is 48.2 Å². The average molecular weight is 397 g/mol. The Morgan fingerprint density at radius 2 is 2.10 bits per heavy atom. The normalized spacial score (nSPS) is 17.0. The van der Waals surface area contributed by atoms with Gasteiger partial charge in [0.2, 0.25) is 0 Å². The number of aliphatic imine (C=N–C) groups is 1. The molecule has 3 rings (SSSR count). The highest BCUT2D eigenvalue weighted by Crippen LogP contribution is 2.24. The summed E-state index contributed by atoms with van der Waals surface area (Å²) in [5.41, 5.74) is 2.18. The van der Waals surface area contributed by atoms with Gasteiger partial charge in [-0.15, -0.1) is 0 Å². The standard InChI is InChI=1S/C22H32N6O/c1-23-22(24-15-17-8-5-12-21(25-17)27(2)3)26-18-9-7-13-28(16-18)19-10-6-11-20(14-19)29-4/h5-6,8,10-12,14,18H,7,9,13,15-16H2,1-4H3,(H2,23,24,26). The van der Waals surface area contributed by atoms with Crippen molar-refractivity contribution in [3.63, 3.8) is 0 Å². The summed E-state index contributed by atoms with van der Waals surface area (Å²) in [4.78, 5) is 13.5. The summed E-state index contributed by atoms with van der Waals surface area (Å²) in [5.74, 6) is 2.65. The van der Waals surface area contributed by atoms with Crippen LogP contribution < -0.4 is 25.2 Å². The molecule has 1 atom stereocenters. The fourth-order valence-electron chi connectivity index (χ4n) is 3.51. The summed E-state index contributed by atoms with van der Waals surface area (Å²) in [5, 5.41) is 6.96. The number of benzene rings is 1. The lowest BCUT2D eigenvalue weighted by Crippen LogP contribution is -2.51. The van der Waals surface area contributed by atoms with Crippen molar-refractivity contribution in [2.45, 2.75) is 25.4 Å². The van der Waals surface area contributed by atoms with Gasteiger partial charge in [-0.05, 0) is 37.1 Å². The van der Waals surface area contributed by atoms with Crippen LogP contribution in [0.4, 0.5) is 11.5 Å². The predicted octanol–water partition coefficient (Wildman–Crippen LogP) is 2.49. The molecule has 1 aliphatic rings. The predicted molar refractivity (Wildman–Crippen MR) is 120 cm³/mol. The van der Waals surface area contributed by atoms with Crippen LogP contribution in [-0.2, 0) is 6.54 Å². The topological polar surface area (TPSA) is 65.0 Å². The van der Waals surface area contributed by atoms with E-state index >= 15 is 0 Å². The summed E-state index contributed by atoms with van der Waals surface area (Å²) in [6, 6.07) is 14.7. The number of ether oxygens (including phenoxy) is 1. The maximum absolute atomic E-state index is 5.37. The molecule has 1 fully saturated rings. The second-order valence-electron chi connectivity index (χ2n) is 7.44. The van der Waals surface area contributed by atoms with Gasteiger partial charge in [-0.1, -0.05) is 12.1 Å². The van der Waals surface area contributed by atoms with Gasteiger partial charge in [0.05, 0.1) is 19.3 Å². The first-order valence-electron chi connectivity index (χ1n) is 10.1. The Labute approximate surface area is 173 Å². The Hall–Kier alpha value is -2.96. The SMILES string of the molecule is CN=C(NCc1cccc(N(C)C)n1)NC1CCCN(c2cccc(OC)c2)C1. The minimum Gasteiger partial charge on any atom is -0.497 e. The molecule has 2 N–H and O–H groups in total. The van der Waals surface area contributed by atoms with E-state index in [4.69, 9.17) is 4.74 Å². The van der Waals surface area contributed by atoms with Crippen LogP contribution in [-0.4, -0.2) is 58.3 Å². The molecule has 0 radical (unpaired) electrons. The third-order valence-corrected chi connectivity index (χ3v) is 5.09. The Morgan fingerprint density at radius 1 is 1.28 bits per heavy atom. The Kier molecular flexibility index (Phi) is 7.16. The molecule has 156 valence electrons. The molecule has 0 saturated carbocycles. The molecule has 1 unspecified atom stereocenters. The number of hydrogen-bond acceptors (Lipinski definition) is 5. The molecule has 1 aromatic heterocycles. The second-order valence-corrected chi connectivity index (χ2v) is 7.44. The third-order valence-electron chi connectivity index (χ3n) is 5.09. The summed E-state index contributed by atoms with van der Waals surface area (Å²) >= 11 is 0. The van der Waals surface area contributed by atoms with Gasteiger partial charge in [0.1, 0.15) is 11.6 Å². The van der Waals surface area contributed by atoms with Gasteiger partial charge in [0, 0.05) is 52.0 Å². The number of anilines is 2. The van der Waals surface area contributed by atoms with E-state index in [0.717, 1.165) is 49.2 Å². The molecule has 1 aromatic carbocycles. The van der Waals surface area contributed by atoms with Crippen molar-refractivity contribution in [2.24, 2.45) is 4.99 Å². The van der Waals surface area contributed by atoms with Crippen molar-refractivity contribution in [3.8, 4) is 5.75 Å².